The van der Waals surface area contributed by atoms with Crippen LogP contribution in [0.3, 0.4) is 0 Å². The zero-order valence-electron chi connectivity index (χ0n) is 9.82. The van der Waals surface area contributed by atoms with Crippen LogP contribution in [0.15, 0.2) is 21.6 Å². The van der Waals surface area contributed by atoms with Gasteiger partial charge < -0.3 is 9.47 Å². The zero-order valence-corrected chi connectivity index (χ0v) is 11.4. The van der Waals surface area contributed by atoms with Gasteiger partial charge in [-0.15, -0.1) is 0 Å². The average Bonchev–Trinajstić information content (AvgIpc) is 2.55. The maximum absolute atomic E-state index is 11.6. The van der Waals surface area contributed by atoms with E-state index in [-0.39, 0.29) is 28.7 Å². The van der Waals surface area contributed by atoms with E-state index in [2.05, 4.69) is 0 Å². The van der Waals surface area contributed by atoms with Crippen LogP contribution in [0.5, 0.6) is 0 Å². The molecular formula is C11H11ClO5S. The van der Waals surface area contributed by atoms with E-state index in [1.54, 1.807) is 13.8 Å². The molecule has 0 saturated carbocycles. The number of esters is 2. The molecule has 0 spiro atoms. The Balaban J connectivity index is 3.03. The molecule has 0 aromatic carbocycles. The Morgan fingerprint density at radius 2 is 1.89 bits per heavy atom. The molecule has 0 bridgehead atoms. The number of thioether (sulfide) groups is 1. The number of carbonyl (C=O) groups excluding carboxylic acids is 3. The Kier molecular flexibility index (Phi) is 5.43. The predicted molar refractivity (Wildman–Crippen MR) is 66.8 cm³/mol. The number of rotatable bonds is 4. The molecule has 0 amide bonds. The molecule has 0 N–H and O–H groups in total. The molecule has 18 heavy (non-hydrogen) atoms. The van der Waals surface area contributed by atoms with Crippen LogP contribution in [0.25, 0.3) is 0 Å². The van der Waals surface area contributed by atoms with Crippen LogP contribution >= 0.6 is 23.4 Å². The maximum Gasteiger partial charge on any atom is 0.340 e. The summed E-state index contributed by atoms with van der Waals surface area (Å²) in [6.07, 6.45) is 1.06. The highest BCUT2D eigenvalue weighted by atomic mass is 35.5. The SMILES string of the molecule is CCOC(=O)/C=C1\SC(=O)C(Cl)=C1C(=O)OCC. The van der Waals surface area contributed by atoms with Crippen molar-refractivity contribution in [3.8, 4) is 0 Å². The first-order valence-electron chi connectivity index (χ1n) is 5.19. The van der Waals surface area contributed by atoms with Gasteiger partial charge in [-0.05, 0) is 25.6 Å². The quantitative estimate of drug-likeness (QED) is 0.580. The Labute approximate surface area is 113 Å². The first-order chi connectivity index (χ1) is 8.51. The lowest BCUT2D eigenvalue weighted by Crippen LogP contribution is -2.09. The highest BCUT2D eigenvalue weighted by Crippen LogP contribution is 2.40. The number of hydrogen-bond acceptors (Lipinski definition) is 6. The molecule has 0 aromatic rings. The summed E-state index contributed by atoms with van der Waals surface area (Å²) in [7, 11) is 0. The predicted octanol–water partition coefficient (Wildman–Crippen LogP) is 1.76. The maximum atomic E-state index is 11.6. The molecule has 1 rings (SSSR count). The Morgan fingerprint density at radius 3 is 2.44 bits per heavy atom. The van der Waals surface area contributed by atoms with Crippen LogP contribution in [0.2, 0.25) is 0 Å². The average molecular weight is 291 g/mol. The Bertz CT molecular complexity index is 452. The lowest BCUT2D eigenvalue weighted by Gasteiger charge is -2.04. The van der Waals surface area contributed by atoms with Gasteiger partial charge >= 0.3 is 11.9 Å². The van der Waals surface area contributed by atoms with Crippen LogP contribution < -0.4 is 0 Å². The summed E-state index contributed by atoms with van der Waals surface area (Å²) >= 11 is 6.43. The van der Waals surface area contributed by atoms with Gasteiger partial charge in [0.15, 0.2) is 0 Å². The minimum absolute atomic E-state index is 0.0819. The highest BCUT2D eigenvalue weighted by molar-refractivity contribution is 8.18. The van der Waals surface area contributed by atoms with Crippen LogP contribution in [0.4, 0.5) is 0 Å². The van der Waals surface area contributed by atoms with Gasteiger partial charge in [0.1, 0.15) is 5.03 Å². The van der Waals surface area contributed by atoms with Crippen molar-refractivity contribution >= 4 is 40.4 Å². The molecule has 7 heteroatoms. The van der Waals surface area contributed by atoms with Gasteiger partial charge in [-0.25, -0.2) is 9.59 Å². The summed E-state index contributed by atoms with van der Waals surface area (Å²) in [5.41, 5.74) is -0.0819. The van der Waals surface area contributed by atoms with Crippen molar-refractivity contribution in [3.63, 3.8) is 0 Å². The van der Waals surface area contributed by atoms with Gasteiger partial charge in [0.05, 0.1) is 18.8 Å². The summed E-state index contributed by atoms with van der Waals surface area (Å²) in [5.74, 6) is -1.36. The minimum atomic E-state index is -0.726. The molecule has 0 aliphatic carbocycles. The van der Waals surface area contributed by atoms with Crippen molar-refractivity contribution in [1.82, 2.24) is 0 Å². The first kappa shape index (κ1) is 14.8. The first-order valence-corrected chi connectivity index (χ1v) is 6.38. The van der Waals surface area contributed by atoms with E-state index in [1.807, 2.05) is 0 Å². The minimum Gasteiger partial charge on any atom is -0.463 e. The lowest BCUT2D eigenvalue weighted by molar-refractivity contribution is -0.138. The van der Waals surface area contributed by atoms with E-state index in [1.165, 1.54) is 0 Å². The van der Waals surface area contributed by atoms with E-state index in [4.69, 9.17) is 21.1 Å². The van der Waals surface area contributed by atoms with E-state index >= 15 is 0 Å². The van der Waals surface area contributed by atoms with Crippen LogP contribution in [0.1, 0.15) is 13.8 Å². The Morgan fingerprint density at radius 1 is 1.28 bits per heavy atom. The number of hydrogen-bond donors (Lipinski definition) is 0. The molecule has 0 saturated heterocycles. The van der Waals surface area contributed by atoms with E-state index in [9.17, 15) is 14.4 Å². The molecule has 0 unspecified atom stereocenters. The van der Waals surface area contributed by atoms with E-state index in [0.717, 1.165) is 6.08 Å². The molecule has 1 aliphatic heterocycles. The van der Waals surface area contributed by atoms with Gasteiger partial charge in [-0.3, -0.25) is 4.79 Å². The van der Waals surface area contributed by atoms with Crippen molar-refractivity contribution in [2.45, 2.75) is 13.8 Å². The standard InChI is InChI=1S/C11H11ClO5S/c1-3-16-7(13)5-6-8(10(14)17-4-2)9(12)11(15)18-6/h5H,3-4H2,1-2H3/b6-5-. The van der Waals surface area contributed by atoms with E-state index < -0.39 is 17.1 Å². The molecule has 0 atom stereocenters. The van der Waals surface area contributed by atoms with Crippen molar-refractivity contribution in [1.29, 1.82) is 0 Å². The summed E-state index contributed by atoms with van der Waals surface area (Å²) < 4.78 is 9.48. The molecule has 0 fully saturated rings. The second kappa shape index (κ2) is 6.61. The smallest absolute Gasteiger partial charge is 0.340 e. The number of carbonyl (C=O) groups is 3. The summed E-state index contributed by atoms with van der Waals surface area (Å²) in [5, 5.41) is -0.718. The fraction of sp³-hybridized carbons (Fsp3) is 0.364. The van der Waals surface area contributed by atoms with Gasteiger partial charge in [0.25, 0.3) is 0 Å². The molecule has 1 heterocycles. The molecular weight excluding hydrogens is 280 g/mol. The molecule has 5 nitrogen and oxygen atoms in total. The third-order valence-electron chi connectivity index (χ3n) is 1.86. The van der Waals surface area contributed by atoms with Crippen molar-refractivity contribution in [2.75, 3.05) is 13.2 Å². The fourth-order valence-corrected chi connectivity index (χ4v) is 2.38. The third kappa shape index (κ3) is 3.36. The summed E-state index contributed by atoms with van der Waals surface area (Å²) in [4.78, 5) is 34.5. The largest absolute Gasteiger partial charge is 0.463 e. The summed E-state index contributed by atoms with van der Waals surface area (Å²) in [6.45, 7) is 3.63. The Hall–Kier alpha value is -1.27. The topological polar surface area (TPSA) is 69.7 Å². The van der Waals surface area contributed by atoms with Crippen LogP contribution in [0, 0.1) is 0 Å². The monoisotopic (exact) mass is 290 g/mol. The van der Waals surface area contributed by atoms with Gasteiger partial charge in [-0.1, -0.05) is 11.6 Å². The van der Waals surface area contributed by atoms with Crippen LogP contribution in [-0.4, -0.2) is 30.3 Å². The summed E-state index contributed by atoms with van der Waals surface area (Å²) in [6, 6.07) is 0. The van der Waals surface area contributed by atoms with Gasteiger partial charge in [0, 0.05) is 11.0 Å². The lowest BCUT2D eigenvalue weighted by atomic mass is 10.2. The number of ether oxygens (including phenoxy) is 2. The molecule has 1 aliphatic rings. The highest BCUT2D eigenvalue weighted by Gasteiger charge is 2.33. The number of halogens is 1. The molecule has 0 aromatic heterocycles. The third-order valence-corrected chi connectivity index (χ3v) is 3.27. The second-order valence-corrected chi connectivity index (χ2v) is 4.45. The van der Waals surface area contributed by atoms with Gasteiger partial charge in [0.2, 0.25) is 5.12 Å². The fourth-order valence-electron chi connectivity index (χ4n) is 1.19. The molecule has 98 valence electrons. The van der Waals surface area contributed by atoms with Crippen molar-refractivity contribution in [2.24, 2.45) is 0 Å². The van der Waals surface area contributed by atoms with Gasteiger partial charge in [-0.2, -0.15) is 0 Å². The zero-order chi connectivity index (χ0) is 13.7. The van der Waals surface area contributed by atoms with E-state index in [0.29, 0.717) is 11.8 Å². The second-order valence-electron chi connectivity index (χ2n) is 3.06. The van der Waals surface area contributed by atoms with Crippen molar-refractivity contribution in [3.05, 3.63) is 21.6 Å². The molecule has 0 radical (unpaired) electrons. The van der Waals surface area contributed by atoms with Crippen LogP contribution in [-0.2, 0) is 23.9 Å². The normalized spacial score (nSPS) is 17.3. The van der Waals surface area contributed by atoms with Crippen molar-refractivity contribution < 1.29 is 23.9 Å².